The molecule has 1 unspecified atom stereocenters. The minimum absolute atomic E-state index is 0.456. The van der Waals surface area contributed by atoms with E-state index in [0.29, 0.717) is 0 Å². The summed E-state index contributed by atoms with van der Waals surface area (Å²) in [6, 6.07) is 0. The smallest absolute Gasteiger partial charge is 0.338 e. The summed E-state index contributed by atoms with van der Waals surface area (Å²) in [5.74, 6) is -0.456. The average Bonchev–Trinajstić information content (AvgIpc) is 2.18. The molecule has 0 amide bonds. The average molecular weight is 198 g/mol. The van der Waals surface area contributed by atoms with Gasteiger partial charge >= 0.3 is 5.97 Å². The van der Waals surface area contributed by atoms with Crippen LogP contribution in [-0.4, -0.2) is 24.3 Å². The number of aliphatic hydroxyl groups excluding tert-OH is 1. The van der Waals surface area contributed by atoms with Gasteiger partial charge in [-0.1, -0.05) is 26.2 Å². The van der Waals surface area contributed by atoms with E-state index in [2.05, 4.69) is 17.4 Å². The van der Waals surface area contributed by atoms with Crippen molar-refractivity contribution in [2.75, 3.05) is 7.11 Å². The Kier molecular flexibility index (Phi) is 7.90. The molecule has 80 valence electrons. The molecule has 3 heteroatoms. The maximum atomic E-state index is 10.6. The number of carbonyl (C=O) groups is 1. The molecule has 1 N–H and O–H groups in total. The summed E-state index contributed by atoms with van der Waals surface area (Å²) in [5.41, 5.74) is 2.59. The van der Waals surface area contributed by atoms with E-state index in [0.717, 1.165) is 25.7 Å². The molecule has 0 aliphatic rings. The van der Waals surface area contributed by atoms with E-state index in [1.165, 1.54) is 19.3 Å². The number of ether oxygens (including phenoxy) is 1. The molecule has 0 bridgehead atoms. The van der Waals surface area contributed by atoms with E-state index in [4.69, 9.17) is 0 Å². The molecule has 0 spiro atoms. The number of rotatable bonds is 6. The number of hydrogen-bond acceptors (Lipinski definition) is 3. The second kappa shape index (κ2) is 8.54. The van der Waals surface area contributed by atoms with Crippen molar-refractivity contribution in [3.05, 3.63) is 17.9 Å². The first-order valence-corrected chi connectivity index (χ1v) is 4.89. The van der Waals surface area contributed by atoms with Crippen LogP contribution in [0.2, 0.25) is 0 Å². The van der Waals surface area contributed by atoms with Crippen LogP contribution in [-0.2, 0) is 9.53 Å². The van der Waals surface area contributed by atoms with Crippen LogP contribution in [0, 0.1) is 0 Å². The van der Waals surface area contributed by atoms with Gasteiger partial charge in [-0.05, 0) is 12.5 Å². The highest BCUT2D eigenvalue weighted by Gasteiger charge is 1.97. The molecule has 1 atom stereocenters. The Morgan fingerprint density at radius 3 is 2.86 bits per heavy atom. The molecule has 0 radical (unpaired) electrons. The van der Waals surface area contributed by atoms with Gasteiger partial charge in [0.1, 0.15) is 0 Å². The second-order valence-corrected chi connectivity index (χ2v) is 3.06. The van der Waals surface area contributed by atoms with Crippen molar-refractivity contribution in [1.29, 1.82) is 0 Å². The molecule has 0 fully saturated rings. The van der Waals surface area contributed by atoms with Gasteiger partial charge in [-0.15, -0.1) is 5.73 Å². The fraction of sp³-hybridized carbons (Fsp3) is 0.636. The van der Waals surface area contributed by atoms with Crippen LogP contribution >= 0.6 is 0 Å². The lowest BCUT2D eigenvalue weighted by Crippen LogP contribution is -2.00. The number of esters is 1. The number of carbonyl (C=O) groups excluding carboxylic acids is 1. The van der Waals surface area contributed by atoms with Crippen molar-refractivity contribution in [3.63, 3.8) is 0 Å². The lowest BCUT2D eigenvalue weighted by molar-refractivity contribution is -0.134. The van der Waals surface area contributed by atoms with Crippen LogP contribution < -0.4 is 0 Å². The molecule has 0 aliphatic carbocycles. The van der Waals surface area contributed by atoms with Gasteiger partial charge in [-0.25, -0.2) is 4.79 Å². The maximum Gasteiger partial charge on any atom is 0.338 e. The summed E-state index contributed by atoms with van der Waals surface area (Å²) in [4.78, 5) is 10.6. The lowest BCUT2D eigenvalue weighted by atomic mass is 10.1. The molecule has 0 aromatic rings. The van der Waals surface area contributed by atoms with E-state index in [1.807, 2.05) is 0 Å². The molecule has 14 heavy (non-hydrogen) atoms. The maximum absolute atomic E-state index is 10.6. The molecule has 0 aromatic carbocycles. The second-order valence-electron chi connectivity index (χ2n) is 3.06. The summed E-state index contributed by atoms with van der Waals surface area (Å²) in [5, 5.41) is 9.37. The zero-order valence-electron chi connectivity index (χ0n) is 8.82. The van der Waals surface area contributed by atoms with Crippen molar-refractivity contribution < 1.29 is 14.6 Å². The van der Waals surface area contributed by atoms with Gasteiger partial charge in [0.05, 0.1) is 19.3 Å². The van der Waals surface area contributed by atoms with E-state index in [9.17, 15) is 9.90 Å². The molecule has 0 heterocycles. The minimum Gasteiger partial charge on any atom is -0.465 e. The molecule has 0 saturated heterocycles. The lowest BCUT2D eigenvalue weighted by Gasteiger charge is -2.01. The number of unbranched alkanes of at least 4 members (excludes halogenated alkanes) is 2. The van der Waals surface area contributed by atoms with Crippen molar-refractivity contribution in [1.82, 2.24) is 0 Å². The fourth-order valence-corrected chi connectivity index (χ4v) is 0.973. The third-order valence-corrected chi connectivity index (χ3v) is 1.79. The van der Waals surface area contributed by atoms with Gasteiger partial charge in [0.25, 0.3) is 0 Å². The first-order valence-electron chi connectivity index (χ1n) is 4.89. The van der Waals surface area contributed by atoms with Crippen LogP contribution in [0.15, 0.2) is 17.9 Å². The summed E-state index contributed by atoms with van der Waals surface area (Å²) in [6.07, 6.45) is 6.10. The Balaban J connectivity index is 3.74. The van der Waals surface area contributed by atoms with Gasteiger partial charge in [0.2, 0.25) is 0 Å². The molecule has 0 saturated carbocycles. The highest BCUT2D eigenvalue weighted by Crippen LogP contribution is 2.03. The van der Waals surface area contributed by atoms with Gasteiger partial charge < -0.3 is 9.84 Å². The summed E-state index contributed by atoms with van der Waals surface area (Å²) in [6.45, 7) is 2.11. The summed E-state index contributed by atoms with van der Waals surface area (Å²) < 4.78 is 4.37. The Bertz CT molecular complexity index is 215. The number of aliphatic hydroxyl groups is 1. The van der Waals surface area contributed by atoms with E-state index < -0.39 is 12.1 Å². The van der Waals surface area contributed by atoms with Crippen LogP contribution in [0.4, 0.5) is 0 Å². The van der Waals surface area contributed by atoms with Crippen molar-refractivity contribution >= 4 is 5.97 Å². The normalized spacial score (nSPS) is 11.4. The van der Waals surface area contributed by atoms with Gasteiger partial charge in [-0.2, -0.15) is 0 Å². The molecule has 0 rings (SSSR count). The predicted octanol–water partition coefficient (Wildman–Crippen LogP) is 1.81. The standard InChI is InChI=1S/C11H18O3/c1-3-4-5-7-10(12)8-6-9-11(13)14-2/h8-10,12H,3-5,7H2,1-2H3. The fourth-order valence-electron chi connectivity index (χ4n) is 0.973. The Labute approximate surface area is 85.1 Å². The third kappa shape index (κ3) is 7.59. The molecule has 0 aromatic heterocycles. The van der Waals surface area contributed by atoms with Crippen molar-refractivity contribution in [2.24, 2.45) is 0 Å². The zero-order chi connectivity index (χ0) is 10.8. The Morgan fingerprint density at radius 1 is 1.57 bits per heavy atom. The van der Waals surface area contributed by atoms with E-state index in [-0.39, 0.29) is 0 Å². The predicted molar refractivity (Wildman–Crippen MR) is 54.8 cm³/mol. The van der Waals surface area contributed by atoms with E-state index in [1.54, 1.807) is 0 Å². The Hall–Kier alpha value is -1.05. The Morgan fingerprint density at radius 2 is 2.29 bits per heavy atom. The topological polar surface area (TPSA) is 46.5 Å². The molecular weight excluding hydrogens is 180 g/mol. The first-order chi connectivity index (χ1) is 6.70. The largest absolute Gasteiger partial charge is 0.465 e. The van der Waals surface area contributed by atoms with Gasteiger partial charge in [-0.3, -0.25) is 0 Å². The minimum atomic E-state index is -0.512. The van der Waals surface area contributed by atoms with E-state index >= 15 is 0 Å². The van der Waals surface area contributed by atoms with Crippen LogP contribution in [0.25, 0.3) is 0 Å². The van der Waals surface area contributed by atoms with Crippen LogP contribution in [0.5, 0.6) is 0 Å². The van der Waals surface area contributed by atoms with Crippen molar-refractivity contribution in [3.8, 4) is 0 Å². The van der Waals surface area contributed by atoms with Crippen LogP contribution in [0.1, 0.15) is 32.6 Å². The SMILES string of the molecule is CCCCCC(O)C=C=CC(=O)OC. The van der Waals surface area contributed by atoms with Crippen molar-refractivity contribution in [2.45, 2.75) is 38.7 Å². The highest BCUT2D eigenvalue weighted by atomic mass is 16.5. The summed E-state index contributed by atoms with van der Waals surface area (Å²) in [7, 11) is 1.30. The zero-order valence-corrected chi connectivity index (χ0v) is 8.82. The quantitative estimate of drug-likeness (QED) is 0.306. The van der Waals surface area contributed by atoms with Gasteiger partial charge in [0, 0.05) is 0 Å². The summed E-state index contributed by atoms with van der Waals surface area (Å²) >= 11 is 0. The first kappa shape index (κ1) is 12.9. The molecule has 3 nitrogen and oxygen atoms in total. The highest BCUT2D eigenvalue weighted by molar-refractivity contribution is 5.81. The molecule has 0 aliphatic heterocycles. The molecular formula is C11H18O3. The van der Waals surface area contributed by atoms with Gasteiger partial charge in [0.15, 0.2) is 0 Å². The third-order valence-electron chi connectivity index (χ3n) is 1.79. The monoisotopic (exact) mass is 198 g/mol. The number of hydrogen-bond donors (Lipinski definition) is 1. The number of methoxy groups -OCH3 is 1. The van der Waals surface area contributed by atoms with Crippen LogP contribution in [0.3, 0.4) is 0 Å².